The molecule has 1 aromatic carbocycles. The van der Waals surface area contributed by atoms with E-state index < -0.39 is 0 Å². The molecule has 1 aromatic rings. The van der Waals surface area contributed by atoms with Gasteiger partial charge in [-0.25, -0.2) is 5.43 Å². The smallest absolute Gasteiger partial charge is 0.251 e. The Labute approximate surface area is 163 Å². The second kappa shape index (κ2) is 7.01. The molecule has 2 amide bonds. The number of nitrogens with zero attached hydrogens (tertiary/aromatic N) is 2. The summed E-state index contributed by atoms with van der Waals surface area (Å²) < 4.78 is 10.8. The second-order valence-electron chi connectivity index (χ2n) is 7.77. The molecule has 2 unspecified atom stereocenters. The molecule has 0 bridgehead atoms. The van der Waals surface area contributed by atoms with Crippen molar-refractivity contribution in [1.82, 2.24) is 20.7 Å². The molecule has 8 heteroatoms. The highest BCUT2D eigenvalue weighted by atomic mass is 16.7. The van der Waals surface area contributed by atoms with E-state index in [4.69, 9.17) is 9.47 Å². The molecule has 5 rings (SSSR count). The van der Waals surface area contributed by atoms with Crippen LogP contribution in [0.5, 0.6) is 11.5 Å². The molecule has 0 radical (unpaired) electrons. The first-order valence-corrected chi connectivity index (χ1v) is 9.89. The standard InChI is InChI=1S/C20H24N4O4/c25-19(21-14-3-1-2-4-14)11-23-7-8-24-16(20(23)26)10-15(22-24)13-5-6-17-18(9-13)28-12-27-17/h5-9,14-16,22H,1-4,10-12H2,(H,21,25). The Bertz CT molecular complexity index is 820. The van der Waals surface area contributed by atoms with Crippen LogP contribution in [-0.4, -0.2) is 47.1 Å². The Hall–Kier alpha value is -2.74. The lowest BCUT2D eigenvalue weighted by atomic mass is 10.0. The van der Waals surface area contributed by atoms with E-state index in [0.29, 0.717) is 6.42 Å². The van der Waals surface area contributed by atoms with E-state index in [1.54, 1.807) is 6.20 Å². The molecule has 4 aliphatic rings. The van der Waals surface area contributed by atoms with Crippen LogP contribution < -0.4 is 20.2 Å². The number of ether oxygens (including phenoxy) is 2. The highest BCUT2D eigenvalue weighted by Crippen LogP contribution is 2.37. The lowest BCUT2D eigenvalue weighted by Gasteiger charge is -2.31. The third-order valence-electron chi connectivity index (χ3n) is 5.91. The highest BCUT2D eigenvalue weighted by molar-refractivity contribution is 5.89. The van der Waals surface area contributed by atoms with Crippen LogP contribution in [0.2, 0.25) is 0 Å². The van der Waals surface area contributed by atoms with Gasteiger partial charge < -0.3 is 24.7 Å². The van der Waals surface area contributed by atoms with Crippen molar-refractivity contribution in [2.75, 3.05) is 13.3 Å². The Morgan fingerprint density at radius 1 is 1.18 bits per heavy atom. The summed E-state index contributed by atoms with van der Waals surface area (Å²) in [5.74, 6) is 1.34. The summed E-state index contributed by atoms with van der Waals surface area (Å²) in [6, 6.07) is 5.79. The van der Waals surface area contributed by atoms with E-state index in [9.17, 15) is 9.59 Å². The molecule has 3 heterocycles. The van der Waals surface area contributed by atoms with Crippen molar-refractivity contribution >= 4 is 11.8 Å². The van der Waals surface area contributed by atoms with Crippen LogP contribution in [0.3, 0.4) is 0 Å². The fourth-order valence-corrected chi connectivity index (χ4v) is 4.41. The first-order chi connectivity index (χ1) is 13.7. The zero-order valence-corrected chi connectivity index (χ0v) is 15.6. The molecule has 2 atom stereocenters. The van der Waals surface area contributed by atoms with Gasteiger partial charge in [-0.2, -0.15) is 0 Å². The Morgan fingerprint density at radius 2 is 2.00 bits per heavy atom. The van der Waals surface area contributed by atoms with Gasteiger partial charge in [0, 0.05) is 18.4 Å². The van der Waals surface area contributed by atoms with Crippen molar-refractivity contribution in [3.05, 3.63) is 36.2 Å². The van der Waals surface area contributed by atoms with E-state index in [-0.39, 0.29) is 43.3 Å². The average Bonchev–Trinajstić information content (AvgIpc) is 3.43. The minimum atomic E-state index is -0.320. The van der Waals surface area contributed by atoms with Crippen LogP contribution in [0.4, 0.5) is 0 Å². The molecule has 1 aliphatic carbocycles. The molecule has 2 fully saturated rings. The van der Waals surface area contributed by atoms with Gasteiger partial charge in [0.1, 0.15) is 12.6 Å². The third-order valence-corrected chi connectivity index (χ3v) is 5.91. The van der Waals surface area contributed by atoms with Crippen LogP contribution in [0.15, 0.2) is 30.6 Å². The first-order valence-electron chi connectivity index (χ1n) is 9.89. The normalized spacial score (nSPS) is 26.1. The van der Waals surface area contributed by atoms with Crippen molar-refractivity contribution in [3.63, 3.8) is 0 Å². The van der Waals surface area contributed by atoms with Gasteiger partial charge in [0.2, 0.25) is 12.7 Å². The number of hydrogen-bond acceptors (Lipinski definition) is 6. The molecule has 8 nitrogen and oxygen atoms in total. The third kappa shape index (κ3) is 3.17. The van der Waals surface area contributed by atoms with Gasteiger partial charge in [-0.1, -0.05) is 18.9 Å². The number of hydrazine groups is 1. The van der Waals surface area contributed by atoms with Crippen LogP contribution in [0.25, 0.3) is 0 Å². The van der Waals surface area contributed by atoms with Crippen molar-refractivity contribution in [1.29, 1.82) is 0 Å². The quantitative estimate of drug-likeness (QED) is 0.817. The lowest BCUT2D eigenvalue weighted by molar-refractivity contribution is -0.138. The zero-order valence-electron chi connectivity index (χ0n) is 15.6. The van der Waals surface area contributed by atoms with Gasteiger partial charge >= 0.3 is 0 Å². The minimum Gasteiger partial charge on any atom is -0.454 e. The number of carbonyl (C=O) groups is 2. The van der Waals surface area contributed by atoms with Gasteiger partial charge in [-0.15, -0.1) is 0 Å². The van der Waals surface area contributed by atoms with Crippen molar-refractivity contribution < 1.29 is 19.1 Å². The van der Waals surface area contributed by atoms with Crippen LogP contribution >= 0.6 is 0 Å². The Morgan fingerprint density at radius 3 is 2.86 bits per heavy atom. The molecule has 0 spiro atoms. The summed E-state index contributed by atoms with van der Waals surface area (Å²) in [4.78, 5) is 26.7. The molecular formula is C20H24N4O4. The number of carbonyl (C=O) groups excluding carboxylic acids is 2. The lowest BCUT2D eigenvalue weighted by Crippen LogP contribution is -2.51. The topological polar surface area (TPSA) is 83.1 Å². The molecule has 148 valence electrons. The maximum atomic E-state index is 12.9. The molecule has 2 N–H and O–H groups in total. The Balaban J connectivity index is 1.23. The summed E-state index contributed by atoms with van der Waals surface area (Å²) in [7, 11) is 0. The first kappa shape index (κ1) is 17.4. The molecule has 28 heavy (non-hydrogen) atoms. The van der Waals surface area contributed by atoms with Crippen molar-refractivity contribution in [2.45, 2.75) is 50.2 Å². The number of hydrogen-bond donors (Lipinski definition) is 2. The summed E-state index contributed by atoms with van der Waals surface area (Å²) in [6.07, 6.45) is 8.54. The summed E-state index contributed by atoms with van der Waals surface area (Å²) >= 11 is 0. The number of nitrogens with one attached hydrogen (secondary N) is 2. The van der Waals surface area contributed by atoms with Crippen LogP contribution in [0.1, 0.15) is 43.7 Å². The van der Waals surface area contributed by atoms with Gasteiger partial charge in [-0.05, 0) is 37.0 Å². The van der Waals surface area contributed by atoms with Gasteiger partial charge in [0.25, 0.3) is 5.91 Å². The molecule has 3 aliphatic heterocycles. The molecule has 1 saturated carbocycles. The highest BCUT2D eigenvalue weighted by Gasteiger charge is 2.40. The van der Waals surface area contributed by atoms with E-state index in [2.05, 4.69) is 10.7 Å². The predicted molar refractivity (Wildman–Crippen MR) is 99.9 cm³/mol. The van der Waals surface area contributed by atoms with Crippen LogP contribution in [0, 0.1) is 0 Å². The fraction of sp³-hybridized carbons (Fsp3) is 0.500. The Kier molecular flexibility index (Phi) is 4.35. The monoisotopic (exact) mass is 384 g/mol. The van der Waals surface area contributed by atoms with Crippen molar-refractivity contribution in [2.24, 2.45) is 0 Å². The van der Waals surface area contributed by atoms with Gasteiger partial charge in [0.15, 0.2) is 11.5 Å². The molecule has 1 saturated heterocycles. The second-order valence-corrected chi connectivity index (χ2v) is 7.77. The summed E-state index contributed by atoms with van der Waals surface area (Å²) in [5, 5.41) is 4.88. The maximum Gasteiger partial charge on any atom is 0.251 e. The number of rotatable bonds is 4. The van der Waals surface area contributed by atoms with Gasteiger partial charge in [0.05, 0.1) is 6.04 Å². The SMILES string of the molecule is O=C(CN1C=CN2NC(c3ccc4c(c3)OCO4)CC2C1=O)NC1CCCC1. The summed E-state index contributed by atoms with van der Waals surface area (Å²) in [5.41, 5.74) is 4.41. The minimum absolute atomic E-state index is 0.000338. The fourth-order valence-electron chi connectivity index (χ4n) is 4.41. The number of fused-ring (bicyclic) bond motifs is 2. The largest absolute Gasteiger partial charge is 0.454 e. The maximum absolute atomic E-state index is 12.9. The van der Waals surface area contributed by atoms with E-state index in [0.717, 1.165) is 42.7 Å². The van der Waals surface area contributed by atoms with E-state index in [1.165, 1.54) is 4.90 Å². The zero-order chi connectivity index (χ0) is 19.1. The number of benzene rings is 1. The molecule has 0 aromatic heterocycles. The van der Waals surface area contributed by atoms with Crippen LogP contribution in [-0.2, 0) is 9.59 Å². The van der Waals surface area contributed by atoms with E-state index in [1.807, 2.05) is 29.4 Å². The average molecular weight is 384 g/mol. The van der Waals surface area contributed by atoms with Gasteiger partial charge in [-0.3, -0.25) is 9.59 Å². The van der Waals surface area contributed by atoms with Crippen molar-refractivity contribution in [3.8, 4) is 11.5 Å². The summed E-state index contributed by atoms with van der Waals surface area (Å²) in [6.45, 7) is 0.315. The number of amides is 2. The molecular weight excluding hydrogens is 360 g/mol. The predicted octanol–water partition coefficient (Wildman–Crippen LogP) is 1.41. The van der Waals surface area contributed by atoms with E-state index >= 15 is 0 Å².